The van der Waals surface area contributed by atoms with E-state index in [1.54, 1.807) is 18.4 Å². The predicted octanol–water partition coefficient (Wildman–Crippen LogP) is 4.81. The summed E-state index contributed by atoms with van der Waals surface area (Å²) < 4.78 is 62.4. The third-order valence-electron chi connectivity index (χ3n) is 4.33. The van der Waals surface area contributed by atoms with E-state index in [1.807, 2.05) is 0 Å². The lowest BCUT2D eigenvalue weighted by Crippen LogP contribution is -2.24. The number of carbonyl (C=O) groups excluding carboxylic acids is 1. The number of benzene rings is 2. The van der Waals surface area contributed by atoms with Crippen molar-refractivity contribution in [1.29, 1.82) is 0 Å². The Labute approximate surface area is 216 Å². The summed E-state index contributed by atoms with van der Waals surface area (Å²) in [6, 6.07) is 8.84. The maximum atomic E-state index is 13.4. The van der Waals surface area contributed by atoms with Crippen LogP contribution in [0.4, 0.5) is 21.9 Å². The van der Waals surface area contributed by atoms with Crippen molar-refractivity contribution < 1.29 is 26.4 Å². The second-order valence-electron chi connectivity index (χ2n) is 6.75. The fraction of sp³-hybridized carbons (Fsp3) is 0.150. The quantitative estimate of drug-likeness (QED) is 0.287. The zero-order valence-corrected chi connectivity index (χ0v) is 22.2. The number of halogens is 2. The van der Waals surface area contributed by atoms with Gasteiger partial charge in [-0.25, -0.2) is 21.6 Å². The Hall–Kier alpha value is -2.71. The van der Waals surface area contributed by atoms with Crippen LogP contribution < -0.4 is 24.8 Å². The number of anilines is 3. The van der Waals surface area contributed by atoms with Crippen molar-refractivity contribution in [3.63, 3.8) is 0 Å². The first kappa shape index (κ1) is 26.9. The molecule has 3 aromatic rings. The lowest BCUT2D eigenvalue weighted by molar-refractivity contribution is 0.254. The molecule has 0 unspecified atom stereocenters. The van der Waals surface area contributed by atoms with E-state index in [0.29, 0.717) is 0 Å². The molecular formula is C20H20Cl2N4O6S3. The number of thiophene rings is 1. The Kier molecular flexibility index (Phi) is 8.38. The molecule has 15 heteroatoms. The molecule has 0 radical (unpaired) electrons. The van der Waals surface area contributed by atoms with Crippen LogP contribution in [0.3, 0.4) is 0 Å². The van der Waals surface area contributed by atoms with Crippen molar-refractivity contribution in [2.45, 2.75) is 16.0 Å². The zero-order chi connectivity index (χ0) is 25.8. The minimum absolute atomic E-state index is 0.00488. The molecular weight excluding hydrogens is 559 g/mol. The van der Waals surface area contributed by atoms with Gasteiger partial charge in [0.25, 0.3) is 20.0 Å². The number of sulfonamides is 2. The number of urea groups is 1. The average Bonchev–Trinajstić information content (AvgIpc) is 3.34. The SMILES string of the molecule is CCOc1ccc(NC(=O)NC)cc1S(=O)(=O)Nc1cc(Cl)c(Cl)cc1NS(=O)(=O)c1cccs1. The summed E-state index contributed by atoms with van der Waals surface area (Å²) >= 11 is 13.1. The monoisotopic (exact) mass is 578 g/mol. The van der Waals surface area contributed by atoms with Gasteiger partial charge in [-0.15, -0.1) is 11.3 Å². The first-order chi connectivity index (χ1) is 16.5. The minimum atomic E-state index is -4.37. The Morgan fingerprint density at radius 2 is 1.60 bits per heavy atom. The molecule has 35 heavy (non-hydrogen) atoms. The molecule has 2 amide bonds. The van der Waals surface area contributed by atoms with Crippen molar-refractivity contribution in [2.75, 3.05) is 28.4 Å². The van der Waals surface area contributed by atoms with E-state index in [1.165, 1.54) is 43.4 Å². The van der Waals surface area contributed by atoms with Crippen molar-refractivity contribution in [2.24, 2.45) is 0 Å². The van der Waals surface area contributed by atoms with Gasteiger partial charge in [0.15, 0.2) is 0 Å². The number of amides is 2. The summed E-state index contributed by atoms with van der Waals surface area (Å²) in [5, 5.41) is 6.43. The van der Waals surface area contributed by atoms with Crippen LogP contribution in [0.5, 0.6) is 5.75 Å². The second kappa shape index (κ2) is 10.9. The summed E-state index contributed by atoms with van der Waals surface area (Å²) in [7, 11) is -6.99. The first-order valence-electron chi connectivity index (χ1n) is 9.80. The Morgan fingerprint density at radius 1 is 0.971 bits per heavy atom. The van der Waals surface area contributed by atoms with Crippen LogP contribution in [0.2, 0.25) is 10.0 Å². The van der Waals surface area contributed by atoms with Gasteiger partial charge in [-0.2, -0.15) is 0 Å². The lowest BCUT2D eigenvalue weighted by Gasteiger charge is -2.17. The fourth-order valence-electron chi connectivity index (χ4n) is 2.79. The van der Waals surface area contributed by atoms with E-state index in [9.17, 15) is 21.6 Å². The number of hydrogen-bond acceptors (Lipinski definition) is 7. The van der Waals surface area contributed by atoms with Gasteiger partial charge in [0, 0.05) is 12.7 Å². The molecule has 0 aliphatic heterocycles. The van der Waals surface area contributed by atoms with Crippen molar-refractivity contribution >= 4 is 77.7 Å². The molecule has 0 spiro atoms. The molecule has 10 nitrogen and oxygen atoms in total. The van der Waals surface area contributed by atoms with Gasteiger partial charge in [-0.3, -0.25) is 9.44 Å². The highest BCUT2D eigenvalue weighted by Gasteiger charge is 2.25. The highest BCUT2D eigenvalue weighted by Crippen LogP contribution is 2.37. The maximum Gasteiger partial charge on any atom is 0.318 e. The van der Waals surface area contributed by atoms with Crippen molar-refractivity contribution in [3.05, 3.63) is 57.9 Å². The molecule has 1 aromatic heterocycles. The fourth-order valence-corrected chi connectivity index (χ4v) is 6.42. The van der Waals surface area contributed by atoms with Gasteiger partial charge < -0.3 is 15.4 Å². The molecule has 2 aromatic carbocycles. The number of carbonyl (C=O) groups is 1. The molecule has 188 valence electrons. The van der Waals surface area contributed by atoms with E-state index < -0.39 is 26.1 Å². The summed E-state index contributed by atoms with van der Waals surface area (Å²) in [4.78, 5) is 11.4. The molecule has 0 saturated heterocycles. The molecule has 1 heterocycles. The van der Waals surface area contributed by atoms with Gasteiger partial charge in [0.05, 0.1) is 28.0 Å². The molecule has 0 aliphatic carbocycles. The Morgan fingerprint density at radius 3 is 2.14 bits per heavy atom. The van der Waals surface area contributed by atoms with E-state index in [4.69, 9.17) is 27.9 Å². The van der Waals surface area contributed by atoms with Crippen molar-refractivity contribution in [1.82, 2.24) is 5.32 Å². The molecule has 0 saturated carbocycles. The third-order valence-corrected chi connectivity index (χ3v) is 9.20. The largest absolute Gasteiger partial charge is 0.492 e. The van der Waals surface area contributed by atoms with Gasteiger partial charge in [-0.05, 0) is 48.7 Å². The van der Waals surface area contributed by atoms with Crippen LogP contribution in [0.1, 0.15) is 6.92 Å². The maximum absolute atomic E-state index is 13.4. The van der Waals surface area contributed by atoms with Crippen LogP contribution in [0.25, 0.3) is 0 Å². The van der Waals surface area contributed by atoms with Gasteiger partial charge in [0.2, 0.25) is 0 Å². The summed E-state index contributed by atoms with van der Waals surface area (Å²) in [5.41, 5.74) is -0.137. The molecule has 0 aliphatic rings. The minimum Gasteiger partial charge on any atom is -0.492 e. The van der Waals surface area contributed by atoms with Gasteiger partial charge in [0.1, 0.15) is 14.9 Å². The topological polar surface area (TPSA) is 143 Å². The molecule has 0 fully saturated rings. The summed E-state index contributed by atoms with van der Waals surface area (Å²) in [5.74, 6) is 0.0169. The highest BCUT2D eigenvalue weighted by molar-refractivity contribution is 7.94. The smallest absolute Gasteiger partial charge is 0.318 e. The Bertz CT molecular complexity index is 1450. The molecule has 0 atom stereocenters. The van der Waals surface area contributed by atoms with E-state index >= 15 is 0 Å². The number of rotatable bonds is 9. The molecule has 3 rings (SSSR count). The molecule has 0 bridgehead atoms. The normalized spacial score (nSPS) is 11.5. The van der Waals surface area contributed by atoms with Crippen LogP contribution in [0, 0.1) is 0 Å². The van der Waals surface area contributed by atoms with Crippen molar-refractivity contribution in [3.8, 4) is 5.75 Å². The van der Waals surface area contributed by atoms with Crippen LogP contribution >= 0.6 is 34.5 Å². The molecule has 4 N–H and O–H groups in total. The summed E-state index contributed by atoms with van der Waals surface area (Å²) in [6.07, 6.45) is 0. The average molecular weight is 580 g/mol. The standard InChI is InChI=1S/C20H20Cl2N4O6S3/c1-3-32-17-7-6-12(24-20(27)23-2)9-18(17)34(28,29)25-15-10-13(21)14(22)11-16(15)26-35(30,31)19-5-4-8-33-19/h4-11,25-26H,3H2,1-2H3,(H2,23,24,27). The summed E-state index contributed by atoms with van der Waals surface area (Å²) in [6.45, 7) is 1.85. The Balaban J connectivity index is 2.05. The van der Waals surface area contributed by atoms with Gasteiger partial charge in [-0.1, -0.05) is 29.3 Å². The van der Waals surface area contributed by atoms with Crippen LogP contribution in [-0.4, -0.2) is 36.5 Å². The second-order valence-corrected chi connectivity index (χ2v) is 12.1. The number of hydrogen-bond donors (Lipinski definition) is 4. The number of nitrogens with one attached hydrogen (secondary N) is 4. The predicted molar refractivity (Wildman–Crippen MR) is 138 cm³/mol. The number of ether oxygens (including phenoxy) is 1. The van der Waals surface area contributed by atoms with Crippen LogP contribution in [0.15, 0.2) is 56.9 Å². The zero-order valence-electron chi connectivity index (χ0n) is 18.3. The first-order valence-corrected chi connectivity index (χ1v) is 14.4. The van der Waals surface area contributed by atoms with Gasteiger partial charge >= 0.3 is 6.03 Å². The highest BCUT2D eigenvalue weighted by atomic mass is 35.5. The van der Waals surface area contributed by atoms with E-state index in [0.717, 1.165) is 11.3 Å². The lowest BCUT2D eigenvalue weighted by atomic mass is 10.3. The van der Waals surface area contributed by atoms with Crippen LogP contribution in [-0.2, 0) is 20.0 Å². The van der Waals surface area contributed by atoms with E-state index in [2.05, 4.69) is 20.1 Å². The third kappa shape index (κ3) is 6.49. The van der Waals surface area contributed by atoms with E-state index in [-0.39, 0.29) is 48.6 Å².